The van der Waals surface area contributed by atoms with Gasteiger partial charge in [0.15, 0.2) is 0 Å². The normalized spacial score (nSPS) is 34.7. The summed E-state index contributed by atoms with van der Waals surface area (Å²) in [4.78, 5) is 13.4. The van der Waals surface area contributed by atoms with Gasteiger partial charge >= 0.3 is 6.09 Å². The van der Waals surface area contributed by atoms with Crippen LogP contribution in [0, 0.1) is 5.92 Å². The maximum Gasteiger partial charge on any atom is 0.410 e. The zero-order chi connectivity index (χ0) is 11.2. The Kier molecular flexibility index (Phi) is 2.41. The Morgan fingerprint density at radius 1 is 1.40 bits per heavy atom. The number of carbonyl (C=O) groups excluding carboxylic acids is 1. The quantitative estimate of drug-likeness (QED) is 0.661. The van der Waals surface area contributed by atoms with Gasteiger partial charge in [0.25, 0.3) is 0 Å². The molecular formula is C11H19NO3. The highest BCUT2D eigenvalue weighted by molar-refractivity contribution is 5.70. The summed E-state index contributed by atoms with van der Waals surface area (Å²) in [6.45, 7) is 6.31. The van der Waals surface area contributed by atoms with E-state index in [0.29, 0.717) is 5.92 Å². The Morgan fingerprint density at radius 2 is 2.07 bits per heavy atom. The molecule has 1 heterocycles. The van der Waals surface area contributed by atoms with Crippen molar-refractivity contribution in [3.63, 3.8) is 0 Å². The van der Waals surface area contributed by atoms with E-state index in [1.165, 1.54) is 0 Å². The number of hydrogen-bond donors (Lipinski definition) is 1. The number of amides is 1. The van der Waals surface area contributed by atoms with Crippen molar-refractivity contribution in [2.75, 3.05) is 6.54 Å². The SMILES string of the molecule is CC(C)(C)OC(=O)N1C[C@@H]2CC[C@@H](O)[C@@H]21. The number of rotatable bonds is 0. The predicted molar refractivity (Wildman–Crippen MR) is 55.5 cm³/mol. The van der Waals surface area contributed by atoms with Crippen LogP contribution >= 0.6 is 0 Å². The molecule has 1 amide bonds. The Morgan fingerprint density at radius 3 is 2.60 bits per heavy atom. The van der Waals surface area contributed by atoms with Crippen LogP contribution in [0.1, 0.15) is 33.6 Å². The third kappa shape index (κ3) is 1.95. The van der Waals surface area contributed by atoms with Crippen molar-refractivity contribution in [2.24, 2.45) is 5.92 Å². The molecule has 2 rings (SSSR count). The van der Waals surface area contributed by atoms with Gasteiger partial charge in [-0.2, -0.15) is 0 Å². The molecule has 2 fully saturated rings. The molecule has 0 unspecified atom stereocenters. The lowest BCUT2D eigenvalue weighted by atomic mass is 9.92. The van der Waals surface area contributed by atoms with Gasteiger partial charge in [0.05, 0.1) is 12.1 Å². The maximum absolute atomic E-state index is 11.7. The summed E-state index contributed by atoms with van der Waals surface area (Å²) in [6.07, 6.45) is 1.21. The second-order valence-electron chi connectivity index (χ2n) is 5.53. The molecule has 0 aromatic rings. The van der Waals surface area contributed by atoms with Gasteiger partial charge in [-0.1, -0.05) is 0 Å². The topological polar surface area (TPSA) is 49.8 Å². The number of aliphatic hydroxyl groups is 1. The fraction of sp³-hybridized carbons (Fsp3) is 0.909. The van der Waals surface area contributed by atoms with Crippen LogP contribution in [0.25, 0.3) is 0 Å². The molecule has 0 spiro atoms. The summed E-state index contributed by atoms with van der Waals surface area (Å²) >= 11 is 0. The first-order valence-corrected chi connectivity index (χ1v) is 5.56. The first-order chi connectivity index (χ1) is 6.88. The molecule has 1 aliphatic heterocycles. The molecule has 0 aromatic carbocycles. The van der Waals surface area contributed by atoms with Crippen molar-refractivity contribution in [1.29, 1.82) is 0 Å². The number of hydrogen-bond acceptors (Lipinski definition) is 3. The van der Waals surface area contributed by atoms with E-state index in [4.69, 9.17) is 4.74 Å². The van der Waals surface area contributed by atoms with Gasteiger partial charge in [0.1, 0.15) is 5.60 Å². The second-order valence-corrected chi connectivity index (χ2v) is 5.53. The minimum atomic E-state index is -0.453. The fourth-order valence-corrected chi connectivity index (χ4v) is 2.46. The lowest BCUT2D eigenvalue weighted by molar-refractivity contribution is -0.0477. The monoisotopic (exact) mass is 213 g/mol. The van der Waals surface area contributed by atoms with E-state index in [0.717, 1.165) is 19.4 Å². The van der Waals surface area contributed by atoms with Crippen LogP contribution in [0.15, 0.2) is 0 Å². The summed E-state index contributed by atoms with van der Waals surface area (Å²) in [5, 5.41) is 9.69. The molecule has 1 saturated carbocycles. The van der Waals surface area contributed by atoms with Crippen molar-refractivity contribution < 1.29 is 14.6 Å². The van der Waals surface area contributed by atoms with Crippen molar-refractivity contribution in [3.8, 4) is 0 Å². The summed E-state index contributed by atoms with van der Waals surface area (Å²) in [5.74, 6) is 0.493. The van der Waals surface area contributed by atoms with Crippen molar-refractivity contribution in [1.82, 2.24) is 4.90 Å². The number of nitrogens with zero attached hydrogens (tertiary/aromatic N) is 1. The largest absolute Gasteiger partial charge is 0.444 e. The Bertz CT molecular complexity index is 265. The minimum absolute atomic E-state index is 0.0137. The fourth-order valence-electron chi connectivity index (χ4n) is 2.46. The average molecular weight is 213 g/mol. The summed E-state index contributed by atoms with van der Waals surface area (Å²) < 4.78 is 5.27. The van der Waals surface area contributed by atoms with Crippen LogP contribution in [-0.4, -0.2) is 40.4 Å². The standard InChI is InChI=1S/C11H19NO3/c1-11(2,3)15-10(14)12-6-7-4-5-8(13)9(7)12/h7-9,13H,4-6H2,1-3H3/t7-,8+,9+/m0/s1. The molecule has 4 heteroatoms. The van der Waals surface area contributed by atoms with E-state index in [9.17, 15) is 9.90 Å². The Hall–Kier alpha value is -0.770. The minimum Gasteiger partial charge on any atom is -0.444 e. The van der Waals surface area contributed by atoms with Crippen molar-refractivity contribution in [3.05, 3.63) is 0 Å². The molecule has 0 radical (unpaired) electrons. The average Bonchev–Trinajstić information content (AvgIpc) is 2.21. The van der Waals surface area contributed by atoms with Crippen LogP contribution in [0.4, 0.5) is 4.79 Å². The van der Waals surface area contributed by atoms with Crippen LogP contribution in [0.2, 0.25) is 0 Å². The van der Waals surface area contributed by atoms with Gasteiger partial charge in [-0.05, 0) is 39.5 Å². The van der Waals surface area contributed by atoms with E-state index in [-0.39, 0.29) is 18.2 Å². The van der Waals surface area contributed by atoms with Gasteiger partial charge in [0, 0.05) is 6.54 Å². The number of carbonyl (C=O) groups is 1. The van der Waals surface area contributed by atoms with E-state index in [1.807, 2.05) is 20.8 Å². The van der Waals surface area contributed by atoms with E-state index in [2.05, 4.69) is 0 Å². The van der Waals surface area contributed by atoms with E-state index in [1.54, 1.807) is 4.90 Å². The van der Waals surface area contributed by atoms with Gasteiger partial charge < -0.3 is 14.7 Å². The Balaban J connectivity index is 1.93. The van der Waals surface area contributed by atoms with Gasteiger partial charge in [-0.3, -0.25) is 0 Å². The van der Waals surface area contributed by atoms with Crippen LogP contribution in [0.3, 0.4) is 0 Å². The molecule has 4 nitrogen and oxygen atoms in total. The van der Waals surface area contributed by atoms with Crippen LogP contribution < -0.4 is 0 Å². The second kappa shape index (κ2) is 3.37. The molecule has 1 aliphatic carbocycles. The zero-order valence-corrected chi connectivity index (χ0v) is 9.56. The molecule has 86 valence electrons. The zero-order valence-electron chi connectivity index (χ0n) is 9.56. The summed E-state index contributed by atoms with van der Waals surface area (Å²) in [5.41, 5.74) is -0.453. The first kappa shape index (κ1) is 10.7. The van der Waals surface area contributed by atoms with Gasteiger partial charge in [-0.15, -0.1) is 0 Å². The maximum atomic E-state index is 11.7. The van der Waals surface area contributed by atoms with E-state index >= 15 is 0 Å². The third-order valence-corrected chi connectivity index (χ3v) is 3.13. The smallest absolute Gasteiger partial charge is 0.410 e. The highest BCUT2D eigenvalue weighted by atomic mass is 16.6. The lowest BCUT2D eigenvalue weighted by Gasteiger charge is -2.45. The number of fused-ring (bicyclic) bond motifs is 1. The van der Waals surface area contributed by atoms with Crippen LogP contribution in [0.5, 0.6) is 0 Å². The number of likely N-dealkylation sites (tertiary alicyclic amines) is 1. The lowest BCUT2D eigenvalue weighted by Crippen LogP contribution is -2.60. The third-order valence-electron chi connectivity index (χ3n) is 3.13. The Labute approximate surface area is 90.2 Å². The molecule has 3 atom stereocenters. The van der Waals surface area contributed by atoms with Crippen LogP contribution in [-0.2, 0) is 4.74 Å². The van der Waals surface area contributed by atoms with E-state index < -0.39 is 5.60 Å². The number of aliphatic hydroxyl groups excluding tert-OH is 1. The predicted octanol–water partition coefficient (Wildman–Crippen LogP) is 1.38. The van der Waals surface area contributed by atoms with Crippen molar-refractivity contribution >= 4 is 6.09 Å². The molecule has 0 bridgehead atoms. The molecule has 15 heavy (non-hydrogen) atoms. The summed E-state index contributed by atoms with van der Waals surface area (Å²) in [7, 11) is 0. The van der Waals surface area contributed by atoms with Gasteiger partial charge in [-0.25, -0.2) is 4.79 Å². The molecular weight excluding hydrogens is 194 g/mol. The molecule has 2 aliphatic rings. The van der Waals surface area contributed by atoms with Gasteiger partial charge in [0.2, 0.25) is 0 Å². The van der Waals surface area contributed by atoms with Crippen molar-refractivity contribution in [2.45, 2.75) is 51.4 Å². The highest BCUT2D eigenvalue weighted by Gasteiger charge is 2.50. The number of ether oxygens (including phenoxy) is 1. The highest BCUT2D eigenvalue weighted by Crippen LogP contribution is 2.39. The molecule has 1 N–H and O–H groups in total. The first-order valence-electron chi connectivity index (χ1n) is 5.56. The molecule has 1 saturated heterocycles. The summed E-state index contributed by atoms with van der Waals surface area (Å²) in [6, 6.07) is 0.0137. The molecule has 0 aromatic heterocycles.